The molecule has 1 heterocycles. The average Bonchev–Trinajstić information content (AvgIpc) is 2.38. The quantitative estimate of drug-likeness (QED) is 0.271. The van der Waals surface area contributed by atoms with Crippen LogP contribution >= 0.6 is 0 Å². The minimum Gasteiger partial charge on any atom is -0.394 e. The standard InChI is InChI=1S/C8H15N3O7/c1-11(10-17)8(16)9-7-6(15)5(14)4(13)3(2-12)18-7/h3-7,12-15H,2H2,1H3,(H,9,16)/t3-,4+,5+,6-,7+/m0/s1. The number of ether oxygens (including phenoxy) is 1. The number of rotatable bonds is 3. The van der Waals surface area contributed by atoms with Gasteiger partial charge in [0.2, 0.25) is 0 Å². The molecule has 5 N–H and O–H groups in total. The van der Waals surface area contributed by atoms with Crippen molar-refractivity contribution in [2.24, 2.45) is 5.29 Å². The summed E-state index contributed by atoms with van der Waals surface area (Å²) in [4.78, 5) is 21.4. The van der Waals surface area contributed by atoms with E-state index in [2.05, 4.69) is 10.6 Å². The Bertz CT molecular complexity index is 313. The molecule has 2 amide bonds. The Morgan fingerprint density at radius 2 is 1.94 bits per heavy atom. The molecule has 0 aromatic carbocycles. The molecular weight excluding hydrogens is 250 g/mol. The molecule has 10 nitrogen and oxygen atoms in total. The summed E-state index contributed by atoms with van der Waals surface area (Å²) < 4.78 is 4.98. The van der Waals surface area contributed by atoms with Crippen molar-refractivity contribution in [3.05, 3.63) is 4.91 Å². The van der Waals surface area contributed by atoms with Crippen LogP contribution in [0.25, 0.3) is 0 Å². The normalized spacial score (nSPS) is 35.9. The van der Waals surface area contributed by atoms with Gasteiger partial charge in [-0.2, -0.15) is 5.01 Å². The largest absolute Gasteiger partial charge is 0.394 e. The number of aliphatic hydroxyl groups is 4. The van der Waals surface area contributed by atoms with Crippen LogP contribution in [0, 0.1) is 4.91 Å². The Hall–Kier alpha value is -1.33. The van der Waals surface area contributed by atoms with E-state index in [4.69, 9.17) is 9.84 Å². The summed E-state index contributed by atoms with van der Waals surface area (Å²) in [6.45, 7) is -0.612. The lowest BCUT2D eigenvalue weighted by Crippen LogP contribution is -2.63. The molecule has 0 radical (unpaired) electrons. The molecule has 0 aliphatic carbocycles. The second-order valence-corrected chi connectivity index (χ2v) is 3.80. The highest BCUT2D eigenvalue weighted by Crippen LogP contribution is 2.19. The van der Waals surface area contributed by atoms with Crippen LogP contribution in [0.1, 0.15) is 0 Å². The first-order valence-electron chi connectivity index (χ1n) is 5.10. The Morgan fingerprint density at radius 3 is 2.44 bits per heavy atom. The molecule has 5 atom stereocenters. The summed E-state index contributed by atoms with van der Waals surface area (Å²) in [6, 6.07) is -0.964. The molecule has 0 bridgehead atoms. The third-order valence-corrected chi connectivity index (χ3v) is 2.57. The number of urea groups is 1. The highest BCUT2D eigenvalue weighted by molar-refractivity contribution is 5.73. The summed E-state index contributed by atoms with van der Waals surface area (Å²) in [5, 5.41) is 42.2. The fourth-order valence-electron chi connectivity index (χ4n) is 1.47. The molecule has 10 heteroatoms. The molecule has 18 heavy (non-hydrogen) atoms. The number of amides is 2. The van der Waals surface area contributed by atoms with Crippen LogP contribution < -0.4 is 5.32 Å². The van der Waals surface area contributed by atoms with E-state index in [1.165, 1.54) is 0 Å². The predicted octanol–water partition coefficient (Wildman–Crippen LogP) is -2.89. The number of hydrogen-bond donors (Lipinski definition) is 5. The monoisotopic (exact) mass is 265 g/mol. The van der Waals surface area contributed by atoms with Crippen LogP contribution in [0.4, 0.5) is 4.79 Å². The summed E-state index contributed by atoms with van der Waals surface area (Å²) in [7, 11) is 1.08. The van der Waals surface area contributed by atoms with Crippen molar-refractivity contribution >= 4 is 6.03 Å². The smallest absolute Gasteiger partial charge is 0.342 e. The second-order valence-electron chi connectivity index (χ2n) is 3.80. The Labute approximate surface area is 102 Å². The lowest BCUT2D eigenvalue weighted by atomic mass is 9.98. The van der Waals surface area contributed by atoms with Gasteiger partial charge in [-0.25, -0.2) is 4.79 Å². The Morgan fingerprint density at radius 1 is 1.33 bits per heavy atom. The molecule has 1 rings (SSSR count). The number of carbonyl (C=O) groups excluding carboxylic acids is 1. The maximum atomic E-state index is 11.3. The lowest BCUT2D eigenvalue weighted by Gasteiger charge is -2.40. The summed E-state index contributed by atoms with van der Waals surface area (Å²) in [6.07, 6.45) is -7.23. The van der Waals surface area contributed by atoms with Gasteiger partial charge >= 0.3 is 6.03 Å². The zero-order valence-corrected chi connectivity index (χ0v) is 9.50. The van der Waals surface area contributed by atoms with E-state index in [1.54, 1.807) is 0 Å². The molecule has 1 aliphatic rings. The Balaban J connectivity index is 2.70. The van der Waals surface area contributed by atoms with E-state index >= 15 is 0 Å². The SMILES string of the molecule is CN(N=O)C(=O)N[C@@H]1O[C@@H](CO)[C@@H](O)[C@@H](O)[C@@H]1O. The highest BCUT2D eigenvalue weighted by Gasteiger charge is 2.44. The summed E-state index contributed by atoms with van der Waals surface area (Å²) >= 11 is 0. The van der Waals surface area contributed by atoms with Crippen molar-refractivity contribution < 1.29 is 30.0 Å². The van der Waals surface area contributed by atoms with E-state index in [0.29, 0.717) is 5.01 Å². The first-order chi connectivity index (χ1) is 8.42. The molecule has 1 fully saturated rings. The van der Waals surface area contributed by atoms with Gasteiger partial charge in [0.15, 0.2) is 6.23 Å². The number of nitrogens with one attached hydrogen (secondary N) is 1. The summed E-state index contributed by atoms with van der Waals surface area (Å²) in [5.41, 5.74) is 0. The van der Waals surface area contributed by atoms with E-state index in [1.807, 2.05) is 0 Å². The predicted molar refractivity (Wildman–Crippen MR) is 55.9 cm³/mol. The van der Waals surface area contributed by atoms with Crippen molar-refractivity contribution in [1.82, 2.24) is 10.3 Å². The van der Waals surface area contributed by atoms with E-state index < -0.39 is 43.3 Å². The fraction of sp³-hybridized carbons (Fsp3) is 0.875. The van der Waals surface area contributed by atoms with Gasteiger partial charge in [0.25, 0.3) is 0 Å². The number of carbonyl (C=O) groups is 1. The van der Waals surface area contributed by atoms with Crippen molar-refractivity contribution in [1.29, 1.82) is 0 Å². The lowest BCUT2D eigenvalue weighted by molar-refractivity contribution is -0.233. The van der Waals surface area contributed by atoms with Gasteiger partial charge in [-0.15, -0.1) is 4.91 Å². The van der Waals surface area contributed by atoms with Gasteiger partial charge in [-0.1, -0.05) is 0 Å². The van der Waals surface area contributed by atoms with Crippen molar-refractivity contribution in [3.8, 4) is 0 Å². The van der Waals surface area contributed by atoms with Gasteiger partial charge in [-0.05, 0) is 0 Å². The van der Waals surface area contributed by atoms with Gasteiger partial charge < -0.3 is 30.5 Å². The van der Waals surface area contributed by atoms with Crippen LogP contribution in [0.3, 0.4) is 0 Å². The number of nitrogens with zero attached hydrogens (tertiary/aromatic N) is 2. The van der Waals surface area contributed by atoms with E-state index in [9.17, 15) is 25.0 Å². The summed E-state index contributed by atoms with van der Waals surface area (Å²) in [5.74, 6) is 0. The molecule has 0 aromatic rings. The average molecular weight is 265 g/mol. The molecule has 0 unspecified atom stereocenters. The van der Waals surface area contributed by atoms with Gasteiger partial charge in [0.1, 0.15) is 24.4 Å². The molecule has 0 aromatic heterocycles. The van der Waals surface area contributed by atoms with Gasteiger partial charge in [-0.3, -0.25) is 0 Å². The number of hydrogen-bond acceptors (Lipinski definition) is 8. The topological polar surface area (TPSA) is 152 Å². The molecule has 104 valence electrons. The third kappa shape index (κ3) is 2.91. The molecular formula is C8H15N3O7. The molecule has 0 spiro atoms. The van der Waals surface area contributed by atoms with Crippen molar-refractivity contribution in [2.75, 3.05) is 13.7 Å². The number of nitroso groups, excluding NO2 is 1. The molecule has 1 saturated heterocycles. The van der Waals surface area contributed by atoms with Gasteiger partial charge in [0, 0.05) is 7.05 Å². The number of aliphatic hydroxyl groups excluding tert-OH is 4. The van der Waals surface area contributed by atoms with Crippen LogP contribution in [0.15, 0.2) is 5.29 Å². The minimum absolute atomic E-state index is 0.418. The second kappa shape index (κ2) is 6.02. The van der Waals surface area contributed by atoms with Crippen LogP contribution in [-0.2, 0) is 4.74 Å². The molecule has 0 saturated carbocycles. The third-order valence-electron chi connectivity index (χ3n) is 2.57. The fourth-order valence-corrected chi connectivity index (χ4v) is 1.47. The van der Waals surface area contributed by atoms with Crippen molar-refractivity contribution in [2.45, 2.75) is 30.6 Å². The highest BCUT2D eigenvalue weighted by atomic mass is 16.6. The molecule has 1 aliphatic heterocycles. The maximum absolute atomic E-state index is 11.3. The Kier molecular flexibility index (Phi) is 4.93. The maximum Gasteiger partial charge on any atom is 0.342 e. The zero-order chi connectivity index (χ0) is 13.9. The van der Waals surface area contributed by atoms with E-state index in [0.717, 1.165) is 7.05 Å². The van der Waals surface area contributed by atoms with E-state index in [-0.39, 0.29) is 0 Å². The van der Waals surface area contributed by atoms with Crippen molar-refractivity contribution in [3.63, 3.8) is 0 Å². The van der Waals surface area contributed by atoms with Crippen LogP contribution in [0.2, 0.25) is 0 Å². The van der Waals surface area contributed by atoms with Crippen LogP contribution in [-0.4, -0.2) is 75.8 Å². The zero-order valence-electron chi connectivity index (χ0n) is 9.50. The minimum atomic E-state index is -1.60. The van der Waals surface area contributed by atoms with Gasteiger partial charge in [0.05, 0.1) is 11.9 Å². The first-order valence-corrected chi connectivity index (χ1v) is 5.10. The first kappa shape index (κ1) is 14.7. The van der Waals surface area contributed by atoms with Crippen LogP contribution in [0.5, 0.6) is 0 Å².